The van der Waals surface area contributed by atoms with Crippen molar-refractivity contribution in [1.29, 1.82) is 0 Å². The molecule has 1 aromatic carbocycles. The number of aliphatic hydroxyl groups excluding tert-OH is 1. The summed E-state index contributed by atoms with van der Waals surface area (Å²) in [7, 11) is 1.72. The molecule has 1 aliphatic carbocycles. The highest BCUT2D eigenvalue weighted by atomic mass is 19.1. The van der Waals surface area contributed by atoms with E-state index in [1.165, 1.54) is 12.1 Å². The Morgan fingerprint density at radius 2 is 2.22 bits per heavy atom. The molecule has 2 N–H and O–H groups in total. The van der Waals surface area contributed by atoms with Gasteiger partial charge < -0.3 is 15.3 Å². The third-order valence-electron chi connectivity index (χ3n) is 2.89. The zero-order valence-corrected chi connectivity index (χ0v) is 10.3. The molecule has 0 radical (unpaired) electrons. The number of nitrogens with one attached hydrogen (secondary N) is 1. The van der Waals surface area contributed by atoms with Crippen LogP contribution < -0.4 is 10.2 Å². The highest BCUT2D eigenvalue weighted by Gasteiger charge is 2.23. The van der Waals surface area contributed by atoms with Gasteiger partial charge in [-0.05, 0) is 36.6 Å². The molecular formula is C13H17FN2O2. The summed E-state index contributed by atoms with van der Waals surface area (Å²) in [6.45, 7) is -0.0301. The molecule has 1 aromatic rings. The Bertz CT molecular complexity index is 447. The van der Waals surface area contributed by atoms with E-state index in [0.717, 1.165) is 12.8 Å². The van der Waals surface area contributed by atoms with E-state index in [2.05, 4.69) is 5.32 Å². The van der Waals surface area contributed by atoms with Crippen molar-refractivity contribution in [1.82, 2.24) is 5.32 Å². The quantitative estimate of drug-likeness (QED) is 0.823. The second-order valence-corrected chi connectivity index (χ2v) is 4.67. The van der Waals surface area contributed by atoms with E-state index < -0.39 is 5.82 Å². The third-order valence-corrected chi connectivity index (χ3v) is 2.89. The van der Waals surface area contributed by atoms with Gasteiger partial charge in [-0.1, -0.05) is 0 Å². The standard InChI is InChI=1S/C13H17FN2O2/c1-16(7-13(18)15-11-2-3-11)12-5-9(8-17)4-10(14)6-12/h4-6,11,17H,2-3,7-8H2,1H3,(H,15,18). The Kier molecular flexibility index (Phi) is 3.81. The van der Waals surface area contributed by atoms with Gasteiger partial charge in [0.05, 0.1) is 13.2 Å². The SMILES string of the molecule is CN(CC(=O)NC1CC1)c1cc(F)cc(CO)c1. The van der Waals surface area contributed by atoms with Crippen LogP contribution in [0.5, 0.6) is 0 Å². The second-order valence-electron chi connectivity index (χ2n) is 4.67. The number of carbonyl (C=O) groups is 1. The van der Waals surface area contributed by atoms with Crippen molar-refractivity contribution in [2.24, 2.45) is 0 Å². The van der Waals surface area contributed by atoms with Gasteiger partial charge in [-0.25, -0.2) is 4.39 Å². The normalized spacial score (nSPS) is 14.4. The van der Waals surface area contributed by atoms with Crippen LogP contribution in [0.3, 0.4) is 0 Å². The van der Waals surface area contributed by atoms with Gasteiger partial charge in [0.25, 0.3) is 0 Å². The Balaban J connectivity index is 2.00. The molecule has 1 fully saturated rings. The molecule has 0 spiro atoms. The van der Waals surface area contributed by atoms with Crippen LogP contribution in [0, 0.1) is 5.82 Å². The van der Waals surface area contributed by atoms with E-state index in [4.69, 9.17) is 5.11 Å². The molecule has 98 valence electrons. The lowest BCUT2D eigenvalue weighted by atomic mass is 10.2. The molecule has 4 nitrogen and oxygen atoms in total. The van der Waals surface area contributed by atoms with Crippen LogP contribution in [0.2, 0.25) is 0 Å². The van der Waals surface area contributed by atoms with E-state index in [0.29, 0.717) is 17.3 Å². The first-order valence-electron chi connectivity index (χ1n) is 5.99. The summed E-state index contributed by atoms with van der Waals surface area (Å²) in [6, 6.07) is 4.63. The largest absolute Gasteiger partial charge is 0.392 e. The Hall–Kier alpha value is -1.62. The number of halogens is 1. The number of nitrogens with zero attached hydrogens (tertiary/aromatic N) is 1. The summed E-state index contributed by atoms with van der Waals surface area (Å²) in [6.07, 6.45) is 2.09. The van der Waals surface area contributed by atoms with Crippen LogP contribution in [-0.4, -0.2) is 30.6 Å². The molecule has 0 aliphatic heterocycles. The Labute approximate surface area is 105 Å². The highest BCUT2D eigenvalue weighted by molar-refractivity contribution is 5.81. The minimum absolute atomic E-state index is 0.0604. The van der Waals surface area contributed by atoms with Crippen LogP contribution in [0.1, 0.15) is 18.4 Å². The summed E-state index contributed by atoms with van der Waals surface area (Å²) in [5.41, 5.74) is 1.09. The fraction of sp³-hybridized carbons (Fsp3) is 0.462. The van der Waals surface area contributed by atoms with Crippen molar-refractivity contribution in [3.8, 4) is 0 Å². The zero-order chi connectivity index (χ0) is 13.1. The summed E-state index contributed by atoms with van der Waals surface area (Å²) in [5.74, 6) is -0.471. The second kappa shape index (κ2) is 5.35. The van der Waals surface area contributed by atoms with Crippen molar-refractivity contribution >= 4 is 11.6 Å². The molecule has 0 heterocycles. The smallest absolute Gasteiger partial charge is 0.239 e. The van der Waals surface area contributed by atoms with Gasteiger partial charge in [-0.15, -0.1) is 0 Å². The summed E-state index contributed by atoms with van der Waals surface area (Å²) in [4.78, 5) is 13.3. The molecule has 1 amide bonds. The van der Waals surface area contributed by atoms with Gasteiger partial charge in [0.2, 0.25) is 5.91 Å². The van der Waals surface area contributed by atoms with Crippen molar-refractivity contribution in [2.75, 3.05) is 18.5 Å². The maximum Gasteiger partial charge on any atom is 0.239 e. The number of hydrogen-bond acceptors (Lipinski definition) is 3. The first-order valence-corrected chi connectivity index (χ1v) is 5.99. The molecule has 0 bridgehead atoms. The molecular weight excluding hydrogens is 235 g/mol. The number of hydrogen-bond donors (Lipinski definition) is 2. The average molecular weight is 252 g/mol. The molecule has 18 heavy (non-hydrogen) atoms. The summed E-state index contributed by atoms with van der Waals surface area (Å²) in [5, 5.41) is 11.9. The van der Waals surface area contributed by atoms with Crippen molar-refractivity contribution in [2.45, 2.75) is 25.5 Å². The molecule has 0 atom stereocenters. The van der Waals surface area contributed by atoms with Crippen LogP contribution in [-0.2, 0) is 11.4 Å². The summed E-state index contributed by atoms with van der Waals surface area (Å²) < 4.78 is 13.3. The minimum Gasteiger partial charge on any atom is -0.392 e. The molecule has 2 rings (SSSR count). The van der Waals surface area contributed by atoms with Gasteiger partial charge in [0, 0.05) is 18.8 Å². The van der Waals surface area contributed by atoms with Gasteiger partial charge >= 0.3 is 0 Å². The van der Waals surface area contributed by atoms with E-state index in [-0.39, 0.29) is 19.1 Å². The fourth-order valence-electron chi connectivity index (χ4n) is 1.75. The Morgan fingerprint density at radius 1 is 1.50 bits per heavy atom. The first-order chi connectivity index (χ1) is 8.58. The lowest BCUT2D eigenvalue weighted by Gasteiger charge is -2.19. The van der Waals surface area contributed by atoms with Crippen molar-refractivity contribution in [3.05, 3.63) is 29.6 Å². The lowest BCUT2D eigenvalue weighted by Crippen LogP contribution is -2.36. The molecule has 0 aromatic heterocycles. The van der Waals surface area contributed by atoms with Crippen molar-refractivity contribution in [3.63, 3.8) is 0 Å². The number of likely N-dealkylation sites (N-methyl/N-ethyl adjacent to an activating group) is 1. The topological polar surface area (TPSA) is 52.6 Å². The molecule has 5 heteroatoms. The van der Waals surface area contributed by atoms with E-state index >= 15 is 0 Å². The lowest BCUT2D eigenvalue weighted by molar-refractivity contribution is -0.119. The van der Waals surface area contributed by atoms with E-state index in [9.17, 15) is 9.18 Å². The molecule has 1 aliphatic rings. The molecule has 0 saturated heterocycles. The summed E-state index contributed by atoms with van der Waals surface area (Å²) >= 11 is 0. The van der Waals surface area contributed by atoms with Gasteiger partial charge in [-0.2, -0.15) is 0 Å². The van der Waals surface area contributed by atoms with Crippen LogP contribution in [0.25, 0.3) is 0 Å². The highest BCUT2D eigenvalue weighted by Crippen LogP contribution is 2.20. The Morgan fingerprint density at radius 3 is 2.83 bits per heavy atom. The van der Waals surface area contributed by atoms with Crippen LogP contribution in [0.4, 0.5) is 10.1 Å². The zero-order valence-electron chi connectivity index (χ0n) is 10.3. The number of rotatable bonds is 5. The van der Waals surface area contributed by atoms with E-state index in [1.54, 1.807) is 18.0 Å². The minimum atomic E-state index is -0.411. The molecule has 0 unspecified atom stereocenters. The van der Waals surface area contributed by atoms with Gasteiger partial charge in [0.15, 0.2) is 0 Å². The van der Waals surface area contributed by atoms with Crippen molar-refractivity contribution < 1.29 is 14.3 Å². The van der Waals surface area contributed by atoms with Gasteiger partial charge in [-0.3, -0.25) is 4.79 Å². The maximum absolute atomic E-state index is 13.3. The van der Waals surface area contributed by atoms with Gasteiger partial charge in [0.1, 0.15) is 5.82 Å². The monoisotopic (exact) mass is 252 g/mol. The van der Waals surface area contributed by atoms with Crippen LogP contribution in [0.15, 0.2) is 18.2 Å². The maximum atomic E-state index is 13.3. The predicted molar refractivity (Wildman–Crippen MR) is 66.8 cm³/mol. The van der Waals surface area contributed by atoms with E-state index in [1.807, 2.05) is 0 Å². The molecule has 1 saturated carbocycles. The first kappa shape index (κ1) is 12.8. The number of amides is 1. The number of aliphatic hydroxyl groups is 1. The fourth-order valence-corrected chi connectivity index (χ4v) is 1.75. The predicted octanol–water partition coefficient (Wildman–Crippen LogP) is 1.03. The number of anilines is 1. The average Bonchev–Trinajstić information content (AvgIpc) is 3.11. The third kappa shape index (κ3) is 3.43. The van der Waals surface area contributed by atoms with Crippen LogP contribution >= 0.6 is 0 Å². The number of carbonyl (C=O) groups excluding carboxylic acids is 1. The number of benzene rings is 1.